The Bertz CT molecular complexity index is 1660. The van der Waals surface area contributed by atoms with Gasteiger partial charge in [-0.15, -0.1) is 0 Å². The molecule has 5 rings (SSSR count). The van der Waals surface area contributed by atoms with E-state index < -0.39 is 17.8 Å². The van der Waals surface area contributed by atoms with E-state index in [0.29, 0.717) is 27.1 Å². The molecule has 210 valence electrons. The molecule has 0 atom stereocenters. The molecule has 4 aromatic carbocycles. The largest absolute Gasteiger partial charge is 0.483 e. The van der Waals surface area contributed by atoms with Gasteiger partial charge in [0.2, 0.25) is 0 Å². The Hall–Kier alpha value is -5.02. The van der Waals surface area contributed by atoms with Crippen molar-refractivity contribution in [2.45, 2.75) is 13.8 Å². The Labute approximate surface area is 251 Å². The van der Waals surface area contributed by atoms with Gasteiger partial charge in [-0.25, -0.2) is 14.6 Å². The molecule has 0 radical (unpaired) electrons. The fourth-order valence-corrected chi connectivity index (χ4v) is 4.80. The lowest BCUT2D eigenvalue weighted by atomic mass is 10.0. The van der Waals surface area contributed by atoms with E-state index in [9.17, 15) is 19.2 Å². The molecular weight excluding hydrogens is 598 g/mol. The highest BCUT2D eigenvalue weighted by Crippen LogP contribution is 2.32. The van der Waals surface area contributed by atoms with Gasteiger partial charge in [-0.05, 0) is 85.6 Å². The molecule has 0 saturated carbocycles. The number of ether oxygens (including phenoxy) is 1. The summed E-state index contributed by atoms with van der Waals surface area (Å²) in [6, 6.07) is 26.7. The van der Waals surface area contributed by atoms with Crippen molar-refractivity contribution >= 4 is 62.8 Å². The molecule has 1 aliphatic rings. The molecule has 1 aliphatic heterocycles. The second-order valence-corrected chi connectivity index (χ2v) is 10.5. The summed E-state index contributed by atoms with van der Waals surface area (Å²) in [6.07, 6.45) is 1.38. The summed E-state index contributed by atoms with van der Waals surface area (Å²) in [6.45, 7) is 3.64. The van der Waals surface area contributed by atoms with Gasteiger partial charge in [0.1, 0.15) is 11.3 Å². The van der Waals surface area contributed by atoms with Crippen LogP contribution >= 0.6 is 15.9 Å². The van der Waals surface area contributed by atoms with E-state index in [1.807, 2.05) is 32.0 Å². The van der Waals surface area contributed by atoms with Crippen LogP contribution in [-0.4, -0.2) is 30.4 Å². The Kier molecular flexibility index (Phi) is 8.31. The molecule has 0 unspecified atom stereocenters. The van der Waals surface area contributed by atoms with Crippen molar-refractivity contribution in [1.29, 1.82) is 0 Å². The van der Waals surface area contributed by atoms with Crippen molar-refractivity contribution in [3.63, 3.8) is 0 Å². The predicted molar refractivity (Wildman–Crippen MR) is 165 cm³/mol. The number of para-hydroxylation sites is 2. The van der Waals surface area contributed by atoms with E-state index in [-0.39, 0.29) is 23.8 Å². The lowest BCUT2D eigenvalue weighted by Gasteiger charge is -2.34. The number of halogens is 1. The van der Waals surface area contributed by atoms with Crippen LogP contribution in [0.3, 0.4) is 0 Å². The molecule has 42 heavy (non-hydrogen) atoms. The van der Waals surface area contributed by atoms with Crippen molar-refractivity contribution in [3.8, 4) is 5.75 Å². The van der Waals surface area contributed by atoms with Crippen LogP contribution in [0.4, 0.5) is 21.9 Å². The van der Waals surface area contributed by atoms with Crippen molar-refractivity contribution in [3.05, 3.63) is 124 Å². The summed E-state index contributed by atoms with van der Waals surface area (Å²) in [7, 11) is 0. The summed E-state index contributed by atoms with van der Waals surface area (Å²) < 4.78 is 6.50. The van der Waals surface area contributed by atoms with E-state index >= 15 is 0 Å². The van der Waals surface area contributed by atoms with E-state index in [4.69, 9.17) is 4.74 Å². The Morgan fingerprint density at radius 2 is 1.38 bits per heavy atom. The number of imide groups is 2. The van der Waals surface area contributed by atoms with Gasteiger partial charge in [0, 0.05) is 15.7 Å². The normalized spacial score (nSPS) is 13.3. The topological polar surface area (TPSA) is 96.0 Å². The van der Waals surface area contributed by atoms with Crippen LogP contribution < -0.4 is 19.9 Å². The Balaban J connectivity index is 1.48. The van der Waals surface area contributed by atoms with Gasteiger partial charge in [-0.2, -0.15) is 0 Å². The molecule has 1 N–H and O–H groups in total. The van der Waals surface area contributed by atoms with Crippen LogP contribution in [-0.2, 0) is 14.4 Å². The molecule has 0 bridgehead atoms. The molecule has 0 aromatic heterocycles. The monoisotopic (exact) mass is 623 g/mol. The van der Waals surface area contributed by atoms with Gasteiger partial charge in [0.05, 0.1) is 11.4 Å². The standard InChI is InChI=1S/C33H26BrN3O5/c1-21-13-15-25(17-22(21)2)35-30(38)20-42-29-16-14-24(34)18-23(29)19-28-31(39)36(26-9-5-3-6-10-26)33(41)37(32(28)40)27-11-7-4-8-12-27/h3-19H,20H2,1-2H3,(H,35,38). The van der Waals surface area contributed by atoms with Crippen molar-refractivity contribution < 1.29 is 23.9 Å². The van der Waals surface area contributed by atoms with E-state index in [2.05, 4.69) is 21.2 Å². The minimum atomic E-state index is -0.784. The van der Waals surface area contributed by atoms with Crippen LogP contribution in [0, 0.1) is 13.8 Å². The SMILES string of the molecule is Cc1ccc(NC(=O)COc2ccc(Br)cc2C=C2C(=O)N(c3ccccc3)C(=O)N(c3ccccc3)C2=O)cc1C. The minimum absolute atomic E-state index is 0.246. The third-order valence-electron chi connectivity index (χ3n) is 6.70. The zero-order chi connectivity index (χ0) is 29.8. The maximum Gasteiger partial charge on any atom is 0.343 e. The highest BCUT2D eigenvalue weighted by Gasteiger charge is 2.43. The lowest BCUT2D eigenvalue weighted by Crippen LogP contribution is -2.57. The van der Waals surface area contributed by atoms with Gasteiger partial charge >= 0.3 is 6.03 Å². The number of hydrogen-bond donors (Lipinski definition) is 1. The molecule has 9 heteroatoms. The van der Waals surface area contributed by atoms with E-state index in [1.54, 1.807) is 78.9 Å². The first-order valence-electron chi connectivity index (χ1n) is 13.1. The number of carbonyl (C=O) groups is 4. The summed E-state index contributed by atoms with van der Waals surface area (Å²) in [5.74, 6) is -1.65. The van der Waals surface area contributed by atoms with Crippen LogP contribution in [0.2, 0.25) is 0 Å². The fraction of sp³-hybridized carbons (Fsp3) is 0.0909. The second kappa shape index (κ2) is 12.2. The first-order valence-corrected chi connectivity index (χ1v) is 13.9. The average Bonchev–Trinajstić information content (AvgIpc) is 2.98. The van der Waals surface area contributed by atoms with Gasteiger partial charge < -0.3 is 10.1 Å². The second-order valence-electron chi connectivity index (χ2n) is 9.61. The molecule has 4 aromatic rings. The number of anilines is 3. The van der Waals surface area contributed by atoms with E-state index in [0.717, 1.165) is 20.9 Å². The van der Waals surface area contributed by atoms with E-state index in [1.165, 1.54) is 6.08 Å². The van der Waals surface area contributed by atoms with Crippen molar-refractivity contribution in [2.24, 2.45) is 0 Å². The third-order valence-corrected chi connectivity index (χ3v) is 7.19. The number of aryl methyl sites for hydroxylation is 2. The lowest BCUT2D eigenvalue weighted by molar-refractivity contribution is -0.121. The van der Waals surface area contributed by atoms with Crippen molar-refractivity contribution in [1.82, 2.24) is 0 Å². The zero-order valence-electron chi connectivity index (χ0n) is 22.8. The molecule has 1 heterocycles. The Morgan fingerprint density at radius 1 is 0.786 bits per heavy atom. The number of carbonyl (C=O) groups excluding carboxylic acids is 4. The van der Waals surface area contributed by atoms with Crippen LogP contribution in [0.5, 0.6) is 5.75 Å². The van der Waals surface area contributed by atoms with Crippen LogP contribution in [0.1, 0.15) is 16.7 Å². The van der Waals surface area contributed by atoms with Gasteiger partial charge in [0.15, 0.2) is 6.61 Å². The number of amides is 5. The van der Waals surface area contributed by atoms with Gasteiger partial charge in [0.25, 0.3) is 17.7 Å². The molecule has 0 aliphatic carbocycles. The maximum atomic E-state index is 13.7. The number of nitrogens with one attached hydrogen (secondary N) is 1. The maximum absolute atomic E-state index is 13.7. The summed E-state index contributed by atoms with van der Waals surface area (Å²) in [4.78, 5) is 55.6. The molecule has 8 nitrogen and oxygen atoms in total. The molecule has 5 amide bonds. The number of hydrogen-bond acceptors (Lipinski definition) is 5. The number of barbiturate groups is 1. The summed E-state index contributed by atoms with van der Waals surface area (Å²) in [5.41, 5.74) is 3.57. The first-order chi connectivity index (χ1) is 20.2. The third kappa shape index (κ3) is 6.01. The number of rotatable bonds is 7. The van der Waals surface area contributed by atoms with Gasteiger partial charge in [-0.3, -0.25) is 14.4 Å². The number of nitrogens with zero attached hydrogens (tertiary/aromatic N) is 2. The number of benzene rings is 4. The highest BCUT2D eigenvalue weighted by atomic mass is 79.9. The minimum Gasteiger partial charge on any atom is -0.483 e. The summed E-state index contributed by atoms with van der Waals surface area (Å²) in [5, 5.41) is 2.81. The Morgan fingerprint density at radius 3 is 1.95 bits per heavy atom. The van der Waals surface area contributed by atoms with Crippen molar-refractivity contribution in [2.75, 3.05) is 21.7 Å². The smallest absolute Gasteiger partial charge is 0.343 e. The summed E-state index contributed by atoms with van der Waals surface area (Å²) >= 11 is 3.43. The van der Waals surface area contributed by atoms with Crippen LogP contribution in [0.25, 0.3) is 6.08 Å². The highest BCUT2D eigenvalue weighted by molar-refractivity contribution is 9.10. The predicted octanol–water partition coefficient (Wildman–Crippen LogP) is 6.67. The molecule has 1 fully saturated rings. The fourth-order valence-electron chi connectivity index (χ4n) is 4.42. The molecule has 0 spiro atoms. The quantitative estimate of drug-likeness (QED) is 0.183. The average molecular weight is 624 g/mol. The molecule has 1 saturated heterocycles. The zero-order valence-corrected chi connectivity index (χ0v) is 24.4. The van der Waals surface area contributed by atoms with Gasteiger partial charge in [-0.1, -0.05) is 58.4 Å². The van der Waals surface area contributed by atoms with Crippen LogP contribution in [0.15, 0.2) is 107 Å². The molecular formula is C33H26BrN3O5. The first kappa shape index (κ1) is 28.5. The number of urea groups is 1.